The predicted molar refractivity (Wildman–Crippen MR) is 91.9 cm³/mol. The first-order chi connectivity index (χ1) is 11.5. The summed E-state index contributed by atoms with van der Waals surface area (Å²) in [6, 6.07) is 13.2. The van der Waals surface area contributed by atoms with Crippen molar-refractivity contribution in [2.45, 2.75) is 39.4 Å². The zero-order chi connectivity index (χ0) is 17.5. The van der Waals surface area contributed by atoms with Gasteiger partial charge in [0.05, 0.1) is 6.10 Å². The lowest BCUT2D eigenvalue weighted by Gasteiger charge is -2.18. The zero-order valence-corrected chi connectivity index (χ0v) is 14.1. The van der Waals surface area contributed by atoms with E-state index < -0.39 is 11.9 Å². The normalized spacial score (nSPS) is 11.9. The zero-order valence-electron chi connectivity index (χ0n) is 14.1. The number of rotatable bonds is 7. The summed E-state index contributed by atoms with van der Waals surface area (Å²) in [4.78, 5) is 12.4. The van der Waals surface area contributed by atoms with Gasteiger partial charge in [0.1, 0.15) is 5.75 Å². The second-order valence-corrected chi connectivity index (χ2v) is 5.63. The number of nitrogens with one attached hydrogen (secondary N) is 1. The molecule has 4 nitrogen and oxygen atoms in total. The monoisotopic (exact) mass is 331 g/mol. The number of amides is 1. The number of benzene rings is 2. The number of para-hydroxylation sites is 1. The Labute approximate surface area is 141 Å². The van der Waals surface area contributed by atoms with Crippen LogP contribution in [0, 0.1) is 5.82 Å². The number of carbonyl (C=O) groups excluding carboxylic acids is 1. The van der Waals surface area contributed by atoms with Crippen molar-refractivity contribution in [3.63, 3.8) is 0 Å². The van der Waals surface area contributed by atoms with Crippen molar-refractivity contribution < 1.29 is 18.7 Å². The summed E-state index contributed by atoms with van der Waals surface area (Å²) >= 11 is 0. The molecule has 0 aliphatic rings. The average Bonchev–Trinajstić information content (AvgIpc) is 2.53. The fourth-order valence-electron chi connectivity index (χ4n) is 2.16. The summed E-state index contributed by atoms with van der Waals surface area (Å²) in [5.41, 5.74) is 0.605. The van der Waals surface area contributed by atoms with E-state index in [1.165, 1.54) is 12.1 Å². The first-order valence-electron chi connectivity index (χ1n) is 7.98. The van der Waals surface area contributed by atoms with Gasteiger partial charge in [-0.2, -0.15) is 0 Å². The third-order valence-corrected chi connectivity index (χ3v) is 3.24. The van der Waals surface area contributed by atoms with Gasteiger partial charge in [-0.25, -0.2) is 4.39 Å². The molecule has 1 N–H and O–H groups in total. The van der Waals surface area contributed by atoms with Crippen LogP contribution < -0.4 is 14.8 Å². The Morgan fingerprint density at radius 1 is 1.12 bits per heavy atom. The third-order valence-electron chi connectivity index (χ3n) is 3.24. The first-order valence-corrected chi connectivity index (χ1v) is 7.98. The molecule has 0 fully saturated rings. The molecule has 1 atom stereocenters. The molecular formula is C19H22FNO3. The Kier molecular flexibility index (Phi) is 6.18. The Morgan fingerprint density at radius 3 is 2.54 bits per heavy atom. The topological polar surface area (TPSA) is 47.6 Å². The molecule has 0 aliphatic carbocycles. The van der Waals surface area contributed by atoms with E-state index in [4.69, 9.17) is 9.47 Å². The van der Waals surface area contributed by atoms with Crippen LogP contribution >= 0.6 is 0 Å². The molecular weight excluding hydrogens is 309 g/mol. The van der Waals surface area contributed by atoms with Gasteiger partial charge in [0.15, 0.2) is 17.7 Å². The van der Waals surface area contributed by atoms with E-state index in [-0.39, 0.29) is 17.8 Å². The molecule has 24 heavy (non-hydrogen) atoms. The van der Waals surface area contributed by atoms with Crippen LogP contribution in [0.2, 0.25) is 0 Å². The largest absolute Gasteiger partial charge is 0.491 e. The molecule has 0 saturated heterocycles. The van der Waals surface area contributed by atoms with Gasteiger partial charge in [0.25, 0.3) is 5.91 Å². The third kappa shape index (κ3) is 4.98. The molecule has 0 spiro atoms. The van der Waals surface area contributed by atoms with Crippen molar-refractivity contribution >= 4 is 11.6 Å². The van der Waals surface area contributed by atoms with Gasteiger partial charge >= 0.3 is 0 Å². The fourth-order valence-corrected chi connectivity index (χ4v) is 2.16. The summed E-state index contributed by atoms with van der Waals surface area (Å²) in [7, 11) is 0. The SMILES string of the molecule is CC[C@@H](Oc1ccccc1F)C(=O)Nc1cccc(OC(C)C)c1. The minimum absolute atomic E-state index is 0.0451. The molecule has 2 aromatic rings. The van der Waals surface area contributed by atoms with Crippen LogP contribution in [0.15, 0.2) is 48.5 Å². The molecule has 5 heteroatoms. The van der Waals surface area contributed by atoms with E-state index in [1.807, 2.05) is 26.8 Å². The van der Waals surface area contributed by atoms with E-state index >= 15 is 0 Å². The maximum absolute atomic E-state index is 13.7. The highest BCUT2D eigenvalue weighted by Crippen LogP contribution is 2.21. The van der Waals surface area contributed by atoms with Crippen LogP contribution in [0.25, 0.3) is 0 Å². The summed E-state index contributed by atoms with van der Waals surface area (Å²) < 4.78 is 24.8. The van der Waals surface area contributed by atoms with Crippen molar-refractivity contribution in [1.29, 1.82) is 0 Å². The highest BCUT2D eigenvalue weighted by atomic mass is 19.1. The van der Waals surface area contributed by atoms with Crippen molar-refractivity contribution in [2.24, 2.45) is 0 Å². The summed E-state index contributed by atoms with van der Waals surface area (Å²) in [6.07, 6.45) is -0.317. The molecule has 0 saturated carbocycles. The minimum atomic E-state index is -0.781. The quantitative estimate of drug-likeness (QED) is 0.817. The Morgan fingerprint density at radius 2 is 1.88 bits per heavy atom. The molecule has 0 bridgehead atoms. The van der Waals surface area contributed by atoms with Gasteiger partial charge in [-0.3, -0.25) is 4.79 Å². The van der Waals surface area contributed by atoms with Gasteiger partial charge in [0.2, 0.25) is 0 Å². The van der Waals surface area contributed by atoms with Crippen molar-refractivity contribution in [1.82, 2.24) is 0 Å². The summed E-state index contributed by atoms with van der Waals surface area (Å²) in [5.74, 6) is -0.0826. The second-order valence-electron chi connectivity index (χ2n) is 5.63. The molecule has 2 aromatic carbocycles. The highest BCUT2D eigenvalue weighted by Gasteiger charge is 2.20. The lowest BCUT2D eigenvalue weighted by Crippen LogP contribution is -2.32. The average molecular weight is 331 g/mol. The standard InChI is InChI=1S/C19H22FNO3/c1-4-17(24-18-11-6-5-10-16(18)20)19(22)21-14-8-7-9-15(12-14)23-13(2)3/h5-13,17H,4H2,1-3H3,(H,21,22)/t17-/m1/s1. The number of halogens is 1. The maximum Gasteiger partial charge on any atom is 0.265 e. The van der Waals surface area contributed by atoms with Gasteiger partial charge in [-0.15, -0.1) is 0 Å². The number of anilines is 1. The molecule has 128 valence electrons. The molecule has 1 amide bonds. The summed E-state index contributed by atoms with van der Waals surface area (Å²) in [6.45, 7) is 5.67. The van der Waals surface area contributed by atoms with Crippen molar-refractivity contribution in [3.8, 4) is 11.5 Å². The number of ether oxygens (including phenoxy) is 2. The highest BCUT2D eigenvalue weighted by molar-refractivity contribution is 5.94. The second kappa shape index (κ2) is 8.34. The summed E-state index contributed by atoms with van der Waals surface area (Å²) in [5, 5.41) is 2.78. The van der Waals surface area contributed by atoms with E-state index in [2.05, 4.69) is 5.32 Å². The number of hydrogen-bond acceptors (Lipinski definition) is 3. The molecule has 0 heterocycles. The van der Waals surface area contributed by atoms with Gasteiger partial charge in [-0.1, -0.05) is 25.1 Å². The van der Waals surface area contributed by atoms with Crippen molar-refractivity contribution in [3.05, 3.63) is 54.3 Å². The van der Waals surface area contributed by atoms with E-state index in [1.54, 1.807) is 30.3 Å². The van der Waals surface area contributed by atoms with Crippen LogP contribution in [0.3, 0.4) is 0 Å². The number of hydrogen-bond donors (Lipinski definition) is 1. The van der Waals surface area contributed by atoms with Gasteiger partial charge < -0.3 is 14.8 Å². The number of carbonyl (C=O) groups is 1. The molecule has 0 unspecified atom stereocenters. The van der Waals surface area contributed by atoms with Crippen LogP contribution in [0.5, 0.6) is 11.5 Å². The Hall–Kier alpha value is -2.56. The maximum atomic E-state index is 13.7. The Balaban J connectivity index is 2.05. The first kappa shape index (κ1) is 17.8. The Bertz CT molecular complexity index is 688. The lowest BCUT2D eigenvalue weighted by molar-refractivity contribution is -0.122. The fraction of sp³-hybridized carbons (Fsp3) is 0.316. The smallest absolute Gasteiger partial charge is 0.265 e. The van der Waals surface area contributed by atoms with Crippen LogP contribution in [-0.4, -0.2) is 18.1 Å². The molecule has 2 rings (SSSR count). The van der Waals surface area contributed by atoms with E-state index in [0.717, 1.165) is 0 Å². The van der Waals surface area contributed by atoms with Crippen LogP contribution in [0.4, 0.5) is 10.1 Å². The minimum Gasteiger partial charge on any atom is -0.491 e. The lowest BCUT2D eigenvalue weighted by atomic mass is 10.2. The van der Waals surface area contributed by atoms with Gasteiger partial charge in [0, 0.05) is 11.8 Å². The van der Waals surface area contributed by atoms with Crippen LogP contribution in [-0.2, 0) is 4.79 Å². The predicted octanol–water partition coefficient (Wildman–Crippen LogP) is 4.41. The van der Waals surface area contributed by atoms with E-state index in [0.29, 0.717) is 17.9 Å². The molecule has 0 aromatic heterocycles. The molecule has 0 radical (unpaired) electrons. The van der Waals surface area contributed by atoms with E-state index in [9.17, 15) is 9.18 Å². The van der Waals surface area contributed by atoms with Crippen molar-refractivity contribution in [2.75, 3.05) is 5.32 Å². The van der Waals surface area contributed by atoms with Gasteiger partial charge in [-0.05, 0) is 44.5 Å². The van der Waals surface area contributed by atoms with Crippen LogP contribution in [0.1, 0.15) is 27.2 Å². The molecule has 0 aliphatic heterocycles.